The third-order valence-electron chi connectivity index (χ3n) is 4.92. The van der Waals surface area contributed by atoms with Gasteiger partial charge in [-0.3, -0.25) is 0 Å². The van der Waals surface area contributed by atoms with E-state index in [1.54, 1.807) is 15.7 Å². The van der Waals surface area contributed by atoms with Gasteiger partial charge < -0.3 is 9.64 Å². The summed E-state index contributed by atoms with van der Waals surface area (Å²) < 4.78 is 33.6. The Kier molecular flexibility index (Phi) is 5.76. The first kappa shape index (κ1) is 17.7. The van der Waals surface area contributed by atoms with Crippen molar-refractivity contribution in [2.75, 3.05) is 52.9 Å². The van der Waals surface area contributed by atoms with Gasteiger partial charge in [0.15, 0.2) is 0 Å². The SMILES string of the molecule is COc1ccc(CCN2CCN(S(=O)(=O)N3CCCC3)CC2)cc1. The normalized spacial score (nSPS) is 21.2. The molecule has 0 aliphatic carbocycles. The molecule has 24 heavy (non-hydrogen) atoms. The fraction of sp³-hybridized carbons (Fsp3) is 0.647. The Balaban J connectivity index is 1.46. The number of benzene rings is 1. The van der Waals surface area contributed by atoms with Gasteiger partial charge in [0.05, 0.1) is 7.11 Å². The number of hydrogen-bond acceptors (Lipinski definition) is 4. The Morgan fingerprint density at radius 2 is 1.50 bits per heavy atom. The summed E-state index contributed by atoms with van der Waals surface area (Å²) in [4.78, 5) is 2.35. The van der Waals surface area contributed by atoms with E-state index in [0.717, 1.165) is 44.6 Å². The molecule has 0 amide bonds. The molecular weight excluding hydrogens is 326 g/mol. The molecule has 2 saturated heterocycles. The predicted octanol–water partition coefficient (Wildman–Crippen LogP) is 1.20. The smallest absolute Gasteiger partial charge is 0.282 e. The van der Waals surface area contributed by atoms with Gasteiger partial charge in [-0.2, -0.15) is 17.0 Å². The van der Waals surface area contributed by atoms with Gasteiger partial charge in [-0.1, -0.05) is 12.1 Å². The molecule has 2 fully saturated rings. The van der Waals surface area contributed by atoms with Gasteiger partial charge in [0.1, 0.15) is 5.75 Å². The first-order valence-corrected chi connectivity index (χ1v) is 10.1. The Hall–Kier alpha value is -1.15. The minimum Gasteiger partial charge on any atom is -0.497 e. The monoisotopic (exact) mass is 353 g/mol. The Morgan fingerprint density at radius 1 is 0.917 bits per heavy atom. The van der Waals surface area contributed by atoms with Gasteiger partial charge in [-0.15, -0.1) is 0 Å². The molecule has 0 atom stereocenters. The van der Waals surface area contributed by atoms with Crippen LogP contribution in [0.5, 0.6) is 5.75 Å². The van der Waals surface area contributed by atoms with Crippen molar-refractivity contribution >= 4 is 10.2 Å². The van der Waals surface area contributed by atoms with Gasteiger partial charge in [0.2, 0.25) is 0 Å². The molecule has 0 spiro atoms. The number of methoxy groups -OCH3 is 1. The molecule has 0 saturated carbocycles. The summed E-state index contributed by atoms with van der Waals surface area (Å²) in [6, 6.07) is 8.14. The van der Waals surface area contributed by atoms with Gasteiger partial charge in [-0.05, 0) is 37.0 Å². The minimum atomic E-state index is -3.23. The Morgan fingerprint density at radius 3 is 2.08 bits per heavy atom. The van der Waals surface area contributed by atoms with Crippen LogP contribution >= 0.6 is 0 Å². The molecule has 3 rings (SSSR count). The second kappa shape index (κ2) is 7.82. The van der Waals surface area contributed by atoms with Crippen LogP contribution in [0.2, 0.25) is 0 Å². The van der Waals surface area contributed by atoms with Crippen LogP contribution in [0, 0.1) is 0 Å². The molecule has 134 valence electrons. The van der Waals surface area contributed by atoms with Crippen molar-refractivity contribution in [1.82, 2.24) is 13.5 Å². The third-order valence-corrected chi connectivity index (χ3v) is 6.96. The first-order chi connectivity index (χ1) is 11.6. The number of nitrogens with zero attached hydrogens (tertiary/aromatic N) is 3. The van der Waals surface area contributed by atoms with E-state index in [4.69, 9.17) is 4.74 Å². The van der Waals surface area contributed by atoms with Gasteiger partial charge >= 0.3 is 0 Å². The van der Waals surface area contributed by atoms with E-state index < -0.39 is 10.2 Å². The maximum Gasteiger partial charge on any atom is 0.282 e. The molecular formula is C17H27N3O3S. The molecule has 1 aromatic carbocycles. The molecule has 0 N–H and O–H groups in total. The van der Waals surface area contributed by atoms with Crippen LogP contribution in [-0.4, -0.2) is 74.9 Å². The molecule has 2 aliphatic heterocycles. The zero-order valence-corrected chi connectivity index (χ0v) is 15.2. The lowest BCUT2D eigenvalue weighted by molar-refractivity contribution is 0.184. The number of rotatable bonds is 6. The second-order valence-corrected chi connectivity index (χ2v) is 8.38. The molecule has 7 heteroatoms. The van der Waals surface area contributed by atoms with Gasteiger partial charge in [0.25, 0.3) is 10.2 Å². The Labute approximate surface area is 145 Å². The highest BCUT2D eigenvalue weighted by molar-refractivity contribution is 7.86. The number of ether oxygens (including phenoxy) is 1. The summed E-state index contributed by atoms with van der Waals surface area (Å²) in [5.74, 6) is 0.875. The summed E-state index contributed by atoms with van der Waals surface area (Å²) in [6.07, 6.45) is 2.95. The van der Waals surface area contributed by atoms with E-state index >= 15 is 0 Å². The van der Waals surface area contributed by atoms with Crippen molar-refractivity contribution < 1.29 is 13.2 Å². The molecule has 0 unspecified atom stereocenters. The highest BCUT2D eigenvalue weighted by Gasteiger charge is 2.33. The van der Waals surface area contributed by atoms with E-state index in [2.05, 4.69) is 17.0 Å². The molecule has 0 bridgehead atoms. The van der Waals surface area contributed by atoms with Crippen LogP contribution in [0.25, 0.3) is 0 Å². The van der Waals surface area contributed by atoms with Crippen molar-refractivity contribution in [2.45, 2.75) is 19.3 Å². The fourth-order valence-electron chi connectivity index (χ4n) is 3.35. The van der Waals surface area contributed by atoms with Crippen molar-refractivity contribution in [1.29, 1.82) is 0 Å². The summed E-state index contributed by atoms with van der Waals surface area (Å²) in [7, 11) is -1.56. The highest BCUT2D eigenvalue weighted by atomic mass is 32.2. The van der Waals surface area contributed by atoms with Crippen molar-refractivity contribution in [3.05, 3.63) is 29.8 Å². The van der Waals surface area contributed by atoms with Crippen LogP contribution in [0.1, 0.15) is 18.4 Å². The van der Waals surface area contributed by atoms with Gasteiger partial charge in [-0.25, -0.2) is 0 Å². The van der Waals surface area contributed by atoms with Crippen LogP contribution in [0.4, 0.5) is 0 Å². The van der Waals surface area contributed by atoms with Crippen LogP contribution in [-0.2, 0) is 16.6 Å². The maximum atomic E-state index is 12.6. The van der Waals surface area contributed by atoms with E-state index in [1.165, 1.54) is 5.56 Å². The van der Waals surface area contributed by atoms with E-state index in [0.29, 0.717) is 26.2 Å². The van der Waals surface area contributed by atoms with E-state index in [-0.39, 0.29) is 0 Å². The van der Waals surface area contributed by atoms with Crippen molar-refractivity contribution in [3.63, 3.8) is 0 Å². The molecule has 6 nitrogen and oxygen atoms in total. The van der Waals surface area contributed by atoms with E-state index in [9.17, 15) is 8.42 Å². The zero-order valence-electron chi connectivity index (χ0n) is 14.4. The lowest BCUT2D eigenvalue weighted by Crippen LogP contribution is -2.52. The standard InChI is InChI=1S/C17H27N3O3S/c1-23-17-6-4-16(5-7-17)8-11-18-12-14-20(15-13-18)24(21,22)19-9-2-3-10-19/h4-7H,2-3,8-15H2,1H3. The van der Waals surface area contributed by atoms with Gasteiger partial charge in [0, 0.05) is 45.8 Å². The summed E-state index contributed by atoms with van der Waals surface area (Å²) >= 11 is 0. The highest BCUT2D eigenvalue weighted by Crippen LogP contribution is 2.18. The van der Waals surface area contributed by atoms with Crippen molar-refractivity contribution in [3.8, 4) is 5.75 Å². The summed E-state index contributed by atoms with van der Waals surface area (Å²) in [5, 5.41) is 0. The summed E-state index contributed by atoms with van der Waals surface area (Å²) in [5.41, 5.74) is 1.28. The van der Waals surface area contributed by atoms with E-state index in [1.807, 2.05) is 12.1 Å². The molecule has 1 aromatic rings. The minimum absolute atomic E-state index is 0.599. The topological polar surface area (TPSA) is 53.1 Å². The van der Waals surface area contributed by atoms with Crippen molar-refractivity contribution in [2.24, 2.45) is 0 Å². The molecule has 0 radical (unpaired) electrons. The third kappa shape index (κ3) is 4.08. The molecule has 2 aliphatic rings. The second-order valence-electron chi connectivity index (χ2n) is 6.45. The number of piperazine rings is 1. The average molecular weight is 353 g/mol. The predicted molar refractivity (Wildman–Crippen MR) is 94.4 cm³/mol. The lowest BCUT2D eigenvalue weighted by Gasteiger charge is -2.35. The number of hydrogen-bond donors (Lipinski definition) is 0. The van der Waals surface area contributed by atoms with Crippen LogP contribution < -0.4 is 4.74 Å². The first-order valence-electron chi connectivity index (χ1n) is 8.70. The van der Waals surface area contributed by atoms with Crippen LogP contribution in [0.15, 0.2) is 24.3 Å². The molecule has 2 heterocycles. The Bertz CT molecular complexity index is 619. The maximum absolute atomic E-state index is 12.6. The van der Waals surface area contributed by atoms with Crippen LogP contribution in [0.3, 0.4) is 0 Å². The largest absolute Gasteiger partial charge is 0.497 e. The quantitative estimate of drug-likeness (QED) is 0.771. The summed E-state index contributed by atoms with van der Waals surface area (Å²) in [6.45, 7) is 5.14. The fourth-order valence-corrected chi connectivity index (χ4v) is 5.02. The lowest BCUT2D eigenvalue weighted by atomic mass is 10.1. The molecule has 0 aromatic heterocycles. The average Bonchev–Trinajstić information content (AvgIpc) is 3.16. The zero-order chi connectivity index (χ0) is 17.0.